The number of benzene rings is 1. The summed E-state index contributed by atoms with van der Waals surface area (Å²) >= 11 is 5.98. The van der Waals surface area contributed by atoms with Gasteiger partial charge >= 0.3 is 0 Å². The third-order valence-corrected chi connectivity index (χ3v) is 3.92. The van der Waals surface area contributed by atoms with Crippen molar-refractivity contribution in [2.75, 3.05) is 0 Å². The number of carbonyl (C=O) groups is 1. The Morgan fingerprint density at radius 3 is 2.72 bits per heavy atom. The van der Waals surface area contributed by atoms with E-state index < -0.39 is 0 Å². The van der Waals surface area contributed by atoms with Crippen LogP contribution in [0.4, 0.5) is 0 Å². The molecule has 18 heavy (non-hydrogen) atoms. The van der Waals surface area contributed by atoms with Gasteiger partial charge in [-0.1, -0.05) is 41.0 Å². The highest BCUT2D eigenvalue weighted by Crippen LogP contribution is 2.33. The van der Waals surface area contributed by atoms with Crippen molar-refractivity contribution in [1.82, 2.24) is 0 Å². The van der Waals surface area contributed by atoms with Gasteiger partial charge in [-0.15, -0.1) is 0 Å². The molecule has 0 saturated carbocycles. The average molecular weight is 261 g/mol. The van der Waals surface area contributed by atoms with E-state index in [0.717, 1.165) is 24.7 Å². The standard InChI is InChI=1S/C16H17ClO/c1-11-6-7-13(12(11)2)8-15(10-18)14-4-3-5-16(17)9-14/h3-6,9-10,15H,7-8H2,1-2H3. The van der Waals surface area contributed by atoms with Crippen LogP contribution in [0.15, 0.2) is 47.1 Å². The zero-order valence-corrected chi connectivity index (χ0v) is 11.5. The van der Waals surface area contributed by atoms with E-state index in [-0.39, 0.29) is 5.92 Å². The second-order valence-corrected chi connectivity index (χ2v) is 5.26. The Bertz CT molecular complexity index is 526. The van der Waals surface area contributed by atoms with Crippen molar-refractivity contribution in [1.29, 1.82) is 0 Å². The Balaban J connectivity index is 2.19. The summed E-state index contributed by atoms with van der Waals surface area (Å²) in [5.74, 6) is -0.0899. The second kappa shape index (κ2) is 5.53. The number of hydrogen-bond acceptors (Lipinski definition) is 1. The van der Waals surface area contributed by atoms with Gasteiger partial charge in [-0.25, -0.2) is 0 Å². The molecule has 0 aromatic heterocycles. The fraction of sp³-hybridized carbons (Fsp3) is 0.312. The van der Waals surface area contributed by atoms with Gasteiger partial charge in [0.25, 0.3) is 0 Å². The zero-order chi connectivity index (χ0) is 13.1. The lowest BCUT2D eigenvalue weighted by molar-refractivity contribution is -0.109. The molecule has 1 aromatic rings. The van der Waals surface area contributed by atoms with E-state index in [0.29, 0.717) is 5.02 Å². The molecule has 0 fully saturated rings. The van der Waals surface area contributed by atoms with E-state index in [4.69, 9.17) is 11.6 Å². The lowest BCUT2D eigenvalue weighted by atomic mass is 9.91. The molecule has 1 atom stereocenters. The minimum atomic E-state index is -0.0899. The molecule has 0 radical (unpaired) electrons. The minimum Gasteiger partial charge on any atom is -0.303 e. The van der Waals surface area contributed by atoms with Gasteiger partial charge in [0.05, 0.1) is 0 Å². The molecule has 1 nitrogen and oxygen atoms in total. The van der Waals surface area contributed by atoms with Crippen LogP contribution in [-0.4, -0.2) is 6.29 Å². The monoisotopic (exact) mass is 260 g/mol. The van der Waals surface area contributed by atoms with Crippen molar-refractivity contribution in [3.63, 3.8) is 0 Å². The molecule has 0 bridgehead atoms. The Labute approximate surface area is 113 Å². The molecule has 1 aromatic carbocycles. The lowest BCUT2D eigenvalue weighted by Crippen LogP contribution is -2.02. The number of hydrogen-bond donors (Lipinski definition) is 0. The first-order valence-electron chi connectivity index (χ1n) is 6.18. The zero-order valence-electron chi connectivity index (χ0n) is 10.7. The maximum absolute atomic E-state index is 11.3. The van der Waals surface area contributed by atoms with E-state index in [1.807, 2.05) is 24.3 Å². The van der Waals surface area contributed by atoms with Crippen molar-refractivity contribution in [3.05, 3.63) is 57.6 Å². The van der Waals surface area contributed by atoms with Crippen LogP contribution in [0, 0.1) is 0 Å². The molecule has 1 aliphatic carbocycles. The predicted molar refractivity (Wildman–Crippen MR) is 75.9 cm³/mol. The molecule has 0 saturated heterocycles. The summed E-state index contributed by atoms with van der Waals surface area (Å²) in [6.07, 6.45) is 5.02. The topological polar surface area (TPSA) is 17.1 Å². The van der Waals surface area contributed by atoms with E-state index in [2.05, 4.69) is 19.9 Å². The van der Waals surface area contributed by atoms with Crippen LogP contribution < -0.4 is 0 Å². The van der Waals surface area contributed by atoms with Crippen LogP contribution in [0.2, 0.25) is 5.02 Å². The molecule has 2 heteroatoms. The first-order chi connectivity index (χ1) is 8.61. The van der Waals surface area contributed by atoms with Crippen molar-refractivity contribution >= 4 is 17.9 Å². The molecule has 0 heterocycles. The average Bonchev–Trinajstić information content (AvgIpc) is 2.67. The third-order valence-electron chi connectivity index (χ3n) is 3.68. The maximum atomic E-state index is 11.3. The molecule has 0 N–H and O–H groups in total. The Hall–Kier alpha value is -1.34. The highest BCUT2D eigenvalue weighted by atomic mass is 35.5. The molecule has 94 valence electrons. The first-order valence-corrected chi connectivity index (χ1v) is 6.56. The SMILES string of the molecule is CC1=CCC(CC(C=O)c2cccc(Cl)c2)=C1C. The van der Waals surface area contributed by atoms with E-state index in [1.54, 1.807) is 0 Å². The van der Waals surface area contributed by atoms with E-state index >= 15 is 0 Å². The van der Waals surface area contributed by atoms with Crippen LogP contribution in [0.5, 0.6) is 0 Å². The molecule has 2 rings (SSSR count). The quantitative estimate of drug-likeness (QED) is 0.719. The van der Waals surface area contributed by atoms with Crippen LogP contribution >= 0.6 is 11.6 Å². The molecular weight excluding hydrogens is 244 g/mol. The van der Waals surface area contributed by atoms with Crippen molar-refractivity contribution in [2.24, 2.45) is 0 Å². The molecule has 0 aliphatic heterocycles. The van der Waals surface area contributed by atoms with Gasteiger partial charge in [0.1, 0.15) is 6.29 Å². The van der Waals surface area contributed by atoms with Crippen LogP contribution in [0.3, 0.4) is 0 Å². The number of allylic oxidation sites excluding steroid dienone is 4. The molecule has 1 unspecified atom stereocenters. The Morgan fingerprint density at radius 1 is 1.39 bits per heavy atom. The maximum Gasteiger partial charge on any atom is 0.127 e. The van der Waals surface area contributed by atoms with Gasteiger partial charge in [0, 0.05) is 10.9 Å². The summed E-state index contributed by atoms with van der Waals surface area (Å²) in [6.45, 7) is 4.26. The Morgan fingerprint density at radius 2 is 2.17 bits per heavy atom. The Kier molecular flexibility index (Phi) is 4.03. The number of aldehydes is 1. The number of rotatable bonds is 4. The molecular formula is C16H17ClO. The third kappa shape index (κ3) is 2.73. The van der Waals surface area contributed by atoms with Gasteiger partial charge in [0.15, 0.2) is 0 Å². The van der Waals surface area contributed by atoms with Crippen LogP contribution in [0.25, 0.3) is 0 Å². The summed E-state index contributed by atoms with van der Waals surface area (Å²) in [5.41, 5.74) is 5.04. The van der Waals surface area contributed by atoms with Gasteiger partial charge in [0.2, 0.25) is 0 Å². The molecule has 1 aliphatic rings. The highest BCUT2D eigenvalue weighted by molar-refractivity contribution is 6.30. The molecule has 0 amide bonds. The van der Waals surface area contributed by atoms with E-state index in [9.17, 15) is 4.79 Å². The van der Waals surface area contributed by atoms with Gasteiger partial charge in [-0.3, -0.25) is 0 Å². The summed E-state index contributed by atoms with van der Waals surface area (Å²) in [5, 5.41) is 0.686. The summed E-state index contributed by atoms with van der Waals surface area (Å²) < 4.78 is 0. The smallest absolute Gasteiger partial charge is 0.127 e. The van der Waals surface area contributed by atoms with Crippen LogP contribution in [-0.2, 0) is 4.79 Å². The first kappa shape index (κ1) is 13.1. The largest absolute Gasteiger partial charge is 0.303 e. The van der Waals surface area contributed by atoms with Gasteiger partial charge < -0.3 is 4.79 Å². The van der Waals surface area contributed by atoms with Crippen molar-refractivity contribution in [3.8, 4) is 0 Å². The number of halogens is 1. The summed E-state index contributed by atoms with van der Waals surface area (Å²) in [4.78, 5) is 11.3. The van der Waals surface area contributed by atoms with Crippen molar-refractivity contribution in [2.45, 2.75) is 32.6 Å². The lowest BCUT2D eigenvalue weighted by Gasteiger charge is -2.13. The second-order valence-electron chi connectivity index (χ2n) is 4.82. The fourth-order valence-corrected chi connectivity index (χ4v) is 2.54. The van der Waals surface area contributed by atoms with Crippen LogP contribution in [0.1, 0.15) is 38.2 Å². The minimum absolute atomic E-state index is 0.0899. The predicted octanol–water partition coefficient (Wildman–Crippen LogP) is 4.68. The van der Waals surface area contributed by atoms with E-state index in [1.165, 1.54) is 16.7 Å². The van der Waals surface area contributed by atoms with Gasteiger partial charge in [-0.05, 0) is 50.0 Å². The normalized spacial score (nSPS) is 16.7. The number of carbonyl (C=O) groups excluding carboxylic acids is 1. The molecule has 0 spiro atoms. The fourth-order valence-electron chi connectivity index (χ4n) is 2.34. The summed E-state index contributed by atoms with van der Waals surface area (Å²) in [7, 11) is 0. The van der Waals surface area contributed by atoms with Crippen molar-refractivity contribution < 1.29 is 4.79 Å². The highest BCUT2D eigenvalue weighted by Gasteiger charge is 2.17. The summed E-state index contributed by atoms with van der Waals surface area (Å²) in [6, 6.07) is 7.58. The van der Waals surface area contributed by atoms with Gasteiger partial charge in [-0.2, -0.15) is 0 Å².